The Labute approximate surface area is 149 Å². The zero-order chi connectivity index (χ0) is 17.3. The Morgan fingerprint density at radius 2 is 1.88 bits per heavy atom. The number of nitrogens with two attached hydrogens (primary N) is 1. The highest BCUT2D eigenvalue weighted by Crippen LogP contribution is 2.41. The van der Waals surface area contributed by atoms with E-state index in [0.29, 0.717) is 6.54 Å². The van der Waals surface area contributed by atoms with Crippen LogP contribution in [0.2, 0.25) is 0 Å². The number of fused-ring (bicyclic) bond motifs is 1. The van der Waals surface area contributed by atoms with E-state index in [2.05, 4.69) is 28.4 Å². The number of rotatable bonds is 4. The van der Waals surface area contributed by atoms with Crippen LogP contribution in [-0.4, -0.2) is 19.0 Å². The Hall–Kier alpha value is -2.49. The Morgan fingerprint density at radius 1 is 1.08 bits per heavy atom. The van der Waals surface area contributed by atoms with E-state index in [-0.39, 0.29) is 11.4 Å². The Kier molecular flexibility index (Phi) is 4.12. The minimum atomic E-state index is -0.174. The quantitative estimate of drug-likeness (QED) is 0.844. The van der Waals surface area contributed by atoms with Crippen LogP contribution >= 0.6 is 0 Å². The third kappa shape index (κ3) is 2.97. The van der Waals surface area contributed by atoms with Gasteiger partial charge in [-0.15, -0.1) is 0 Å². The van der Waals surface area contributed by atoms with Crippen molar-refractivity contribution < 1.29 is 4.79 Å². The first-order chi connectivity index (χ1) is 12.2. The van der Waals surface area contributed by atoms with Gasteiger partial charge >= 0.3 is 0 Å². The molecule has 0 unspecified atom stereocenters. The van der Waals surface area contributed by atoms with E-state index < -0.39 is 0 Å². The monoisotopic (exact) mass is 335 g/mol. The molecular weight excluding hydrogens is 310 g/mol. The van der Waals surface area contributed by atoms with Gasteiger partial charge in [0.15, 0.2) is 0 Å². The Balaban J connectivity index is 1.49. The number of nitrogens with one attached hydrogen (secondary N) is 1. The smallest absolute Gasteiger partial charge is 0.240 e. The minimum absolute atomic E-state index is 0.0961. The molecule has 25 heavy (non-hydrogen) atoms. The highest BCUT2D eigenvalue weighted by Gasteiger charge is 2.40. The van der Waals surface area contributed by atoms with Gasteiger partial charge in [0.05, 0.1) is 12.1 Å². The summed E-state index contributed by atoms with van der Waals surface area (Å²) in [4.78, 5) is 15.0. The average molecular weight is 335 g/mol. The van der Waals surface area contributed by atoms with Gasteiger partial charge < -0.3 is 16.0 Å². The molecule has 1 heterocycles. The summed E-state index contributed by atoms with van der Waals surface area (Å²) >= 11 is 0. The second kappa shape index (κ2) is 6.43. The number of nitrogen functional groups attached to an aromatic ring is 1. The third-order valence-electron chi connectivity index (χ3n) is 5.63. The summed E-state index contributed by atoms with van der Waals surface area (Å²) in [6, 6.07) is 16.4. The molecule has 1 aliphatic heterocycles. The SMILES string of the molecule is Nc1cccc2c1CCCN2CC(=O)NC1(c2ccccc2)CCC1. The number of amides is 1. The number of hydrogen-bond acceptors (Lipinski definition) is 3. The zero-order valence-electron chi connectivity index (χ0n) is 14.5. The van der Waals surface area contributed by atoms with Crippen LogP contribution < -0.4 is 16.0 Å². The predicted octanol–water partition coefficient (Wildman–Crippen LogP) is 3.22. The van der Waals surface area contributed by atoms with Crippen molar-refractivity contribution in [2.24, 2.45) is 0 Å². The lowest BCUT2D eigenvalue weighted by atomic mass is 9.72. The topological polar surface area (TPSA) is 58.4 Å². The molecule has 0 spiro atoms. The fourth-order valence-electron chi connectivity index (χ4n) is 4.15. The maximum Gasteiger partial charge on any atom is 0.240 e. The minimum Gasteiger partial charge on any atom is -0.398 e. The van der Waals surface area contributed by atoms with E-state index in [9.17, 15) is 4.79 Å². The van der Waals surface area contributed by atoms with Crippen molar-refractivity contribution in [2.75, 3.05) is 23.7 Å². The summed E-state index contributed by atoms with van der Waals surface area (Å²) in [5.74, 6) is 0.0961. The van der Waals surface area contributed by atoms with Gasteiger partial charge in [-0.3, -0.25) is 4.79 Å². The van der Waals surface area contributed by atoms with Crippen LogP contribution in [0.5, 0.6) is 0 Å². The lowest BCUT2D eigenvalue weighted by molar-refractivity contribution is -0.123. The predicted molar refractivity (Wildman–Crippen MR) is 102 cm³/mol. The number of benzene rings is 2. The van der Waals surface area contributed by atoms with Gasteiger partial charge in [-0.05, 0) is 55.4 Å². The molecule has 3 N–H and O–H groups in total. The molecule has 130 valence electrons. The summed E-state index contributed by atoms with van der Waals surface area (Å²) in [5.41, 5.74) is 10.3. The van der Waals surface area contributed by atoms with E-state index in [1.165, 1.54) is 11.1 Å². The van der Waals surface area contributed by atoms with Crippen molar-refractivity contribution >= 4 is 17.3 Å². The molecule has 4 rings (SSSR count). The van der Waals surface area contributed by atoms with Gasteiger partial charge in [-0.25, -0.2) is 0 Å². The summed E-state index contributed by atoms with van der Waals surface area (Å²) in [7, 11) is 0. The van der Waals surface area contributed by atoms with Gasteiger partial charge in [-0.1, -0.05) is 36.4 Å². The fourth-order valence-corrected chi connectivity index (χ4v) is 4.15. The highest BCUT2D eigenvalue weighted by molar-refractivity contribution is 5.83. The molecule has 0 bridgehead atoms. The van der Waals surface area contributed by atoms with Crippen molar-refractivity contribution in [1.29, 1.82) is 0 Å². The van der Waals surface area contributed by atoms with Crippen LogP contribution in [0.15, 0.2) is 48.5 Å². The normalized spacial score (nSPS) is 18.2. The number of anilines is 2. The van der Waals surface area contributed by atoms with E-state index in [0.717, 1.165) is 50.0 Å². The lowest BCUT2D eigenvalue weighted by Crippen LogP contribution is -2.53. The molecule has 1 saturated carbocycles. The number of hydrogen-bond donors (Lipinski definition) is 2. The van der Waals surface area contributed by atoms with Crippen molar-refractivity contribution in [3.63, 3.8) is 0 Å². The largest absolute Gasteiger partial charge is 0.398 e. The molecule has 0 saturated heterocycles. The van der Waals surface area contributed by atoms with E-state index in [4.69, 9.17) is 5.73 Å². The van der Waals surface area contributed by atoms with Crippen molar-refractivity contribution in [1.82, 2.24) is 5.32 Å². The summed E-state index contributed by atoms with van der Waals surface area (Å²) in [6.07, 6.45) is 5.24. The van der Waals surface area contributed by atoms with Gasteiger partial charge in [0.1, 0.15) is 0 Å². The number of carbonyl (C=O) groups excluding carboxylic acids is 1. The third-order valence-corrected chi connectivity index (χ3v) is 5.63. The summed E-state index contributed by atoms with van der Waals surface area (Å²) < 4.78 is 0. The van der Waals surface area contributed by atoms with E-state index in [1.54, 1.807) is 0 Å². The van der Waals surface area contributed by atoms with Gasteiger partial charge in [0, 0.05) is 17.9 Å². The highest BCUT2D eigenvalue weighted by atomic mass is 16.2. The van der Waals surface area contributed by atoms with Crippen LogP contribution in [-0.2, 0) is 16.8 Å². The molecule has 1 amide bonds. The van der Waals surface area contributed by atoms with Crippen LogP contribution in [0, 0.1) is 0 Å². The maximum atomic E-state index is 12.8. The molecule has 0 atom stereocenters. The van der Waals surface area contributed by atoms with E-state index >= 15 is 0 Å². The number of carbonyl (C=O) groups is 1. The Bertz CT molecular complexity index is 768. The molecule has 4 nitrogen and oxygen atoms in total. The first-order valence-electron chi connectivity index (χ1n) is 9.17. The van der Waals surface area contributed by atoms with Crippen molar-refractivity contribution in [3.05, 3.63) is 59.7 Å². The standard InChI is InChI=1S/C21H25N3O/c22-18-10-4-11-19-17(18)9-5-14-24(19)15-20(25)23-21(12-6-13-21)16-7-2-1-3-8-16/h1-4,7-8,10-11H,5-6,9,12-15,22H2,(H,23,25). The molecule has 4 heteroatoms. The average Bonchev–Trinajstić information content (AvgIpc) is 2.60. The summed E-state index contributed by atoms with van der Waals surface area (Å²) in [6.45, 7) is 1.30. The first-order valence-corrected chi connectivity index (χ1v) is 9.17. The maximum absolute atomic E-state index is 12.8. The zero-order valence-corrected chi connectivity index (χ0v) is 14.5. The molecule has 2 aromatic carbocycles. The van der Waals surface area contributed by atoms with Crippen LogP contribution in [0.25, 0.3) is 0 Å². The number of nitrogens with zero attached hydrogens (tertiary/aromatic N) is 1. The molecule has 1 aliphatic carbocycles. The van der Waals surface area contributed by atoms with E-state index in [1.807, 2.05) is 30.3 Å². The molecular formula is C21H25N3O. The van der Waals surface area contributed by atoms with Crippen LogP contribution in [0.1, 0.15) is 36.8 Å². The molecule has 1 fully saturated rings. The molecule has 2 aromatic rings. The van der Waals surface area contributed by atoms with Crippen LogP contribution in [0.4, 0.5) is 11.4 Å². The Morgan fingerprint density at radius 3 is 2.60 bits per heavy atom. The van der Waals surface area contributed by atoms with Crippen LogP contribution in [0.3, 0.4) is 0 Å². The summed E-state index contributed by atoms with van der Waals surface area (Å²) in [5, 5.41) is 3.33. The first kappa shape index (κ1) is 16.0. The van der Waals surface area contributed by atoms with Crippen molar-refractivity contribution in [2.45, 2.75) is 37.6 Å². The second-order valence-electron chi connectivity index (χ2n) is 7.22. The molecule has 0 radical (unpaired) electrons. The fraction of sp³-hybridized carbons (Fsp3) is 0.381. The van der Waals surface area contributed by atoms with Gasteiger partial charge in [0.25, 0.3) is 0 Å². The second-order valence-corrected chi connectivity index (χ2v) is 7.22. The molecule has 0 aromatic heterocycles. The molecule has 2 aliphatic rings. The lowest BCUT2D eigenvalue weighted by Gasteiger charge is -2.43. The van der Waals surface area contributed by atoms with Gasteiger partial charge in [-0.2, -0.15) is 0 Å². The van der Waals surface area contributed by atoms with Crippen molar-refractivity contribution in [3.8, 4) is 0 Å². The van der Waals surface area contributed by atoms with Gasteiger partial charge in [0.2, 0.25) is 5.91 Å².